The van der Waals surface area contributed by atoms with Crippen molar-refractivity contribution in [3.05, 3.63) is 35.4 Å². The number of nitrogens with zero attached hydrogens (tertiary/aromatic N) is 3. The first-order valence-corrected chi connectivity index (χ1v) is 8.54. The molecule has 0 radical (unpaired) electrons. The molecular formula is C13H17ClN4O3S. The second kappa shape index (κ2) is 7.08. The summed E-state index contributed by atoms with van der Waals surface area (Å²) in [4.78, 5) is 0.0928. The van der Waals surface area contributed by atoms with Gasteiger partial charge in [-0.1, -0.05) is 11.6 Å². The smallest absolute Gasteiger partial charge is 0.240 e. The number of aryl methyl sites for hydroxylation is 1. The quantitative estimate of drug-likeness (QED) is 0.822. The number of nitrogens with one attached hydrogen (secondary N) is 1. The Hall–Kier alpha value is -1.64. The number of methoxy groups -OCH3 is 1. The molecule has 2 rings (SSSR count). The first-order chi connectivity index (χ1) is 10.5. The van der Waals surface area contributed by atoms with Crippen LogP contribution in [0, 0.1) is 0 Å². The van der Waals surface area contributed by atoms with E-state index in [0.29, 0.717) is 12.2 Å². The summed E-state index contributed by atoms with van der Waals surface area (Å²) < 4.78 is 33.8. The van der Waals surface area contributed by atoms with Crippen LogP contribution in [0.2, 0.25) is 5.02 Å². The summed E-state index contributed by atoms with van der Waals surface area (Å²) in [6.45, 7) is 2.93. The molecule has 0 saturated heterocycles. The molecule has 0 amide bonds. The van der Waals surface area contributed by atoms with Crippen LogP contribution in [0.4, 0.5) is 0 Å². The van der Waals surface area contributed by atoms with Crippen molar-refractivity contribution < 1.29 is 13.2 Å². The van der Waals surface area contributed by atoms with E-state index >= 15 is 0 Å². The molecule has 2 aromatic rings. The summed E-state index contributed by atoms with van der Waals surface area (Å²) in [5.74, 6) is 1.16. The lowest BCUT2D eigenvalue weighted by atomic mass is 10.3. The first kappa shape index (κ1) is 16.7. The predicted molar refractivity (Wildman–Crippen MR) is 82.6 cm³/mol. The van der Waals surface area contributed by atoms with E-state index in [4.69, 9.17) is 16.3 Å². The lowest BCUT2D eigenvalue weighted by Crippen LogP contribution is -2.26. The van der Waals surface area contributed by atoms with E-state index in [1.807, 2.05) is 11.5 Å². The summed E-state index contributed by atoms with van der Waals surface area (Å²) in [5.41, 5.74) is 0. The predicted octanol–water partition coefficient (Wildman–Crippen LogP) is 1.48. The third-order valence-corrected chi connectivity index (χ3v) is 4.86. The molecule has 0 aliphatic heterocycles. The Balaban J connectivity index is 2.03. The molecule has 0 unspecified atom stereocenters. The van der Waals surface area contributed by atoms with Crippen LogP contribution in [0.25, 0.3) is 0 Å². The summed E-state index contributed by atoms with van der Waals surface area (Å²) >= 11 is 5.95. The van der Waals surface area contributed by atoms with Crippen molar-refractivity contribution in [3.8, 4) is 5.75 Å². The van der Waals surface area contributed by atoms with Crippen LogP contribution < -0.4 is 9.46 Å². The van der Waals surface area contributed by atoms with Crippen LogP contribution >= 0.6 is 11.6 Å². The van der Waals surface area contributed by atoms with E-state index in [2.05, 4.69) is 14.9 Å². The van der Waals surface area contributed by atoms with Gasteiger partial charge in [-0.15, -0.1) is 10.2 Å². The average molecular weight is 345 g/mol. The first-order valence-electron chi connectivity index (χ1n) is 6.68. The zero-order valence-corrected chi connectivity index (χ0v) is 13.9. The molecule has 0 bridgehead atoms. The highest BCUT2D eigenvalue weighted by molar-refractivity contribution is 7.89. The van der Waals surface area contributed by atoms with Crippen molar-refractivity contribution >= 4 is 21.6 Å². The number of hydrogen-bond donors (Lipinski definition) is 1. The Morgan fingerprint density at radius 2 is 2.18 bits per heavy atom. The molecular weight excluding hydrogens is 328 g/mol. The van der Waals surface area contributed by atoms with E-state index in [0.717, 1.165) is 12.4 Å². The molecule has 1 aromatic carbocycles. The van der Waals surface area contributed by atoms with Crippen molar-refractivity contribution in [3.63, 3.8) is 0 Å². The minimum atomic E-state index is -3.63. The monoisotopic (exact) mass is 344 g/mol. The molecule has 0 aliphatic rings. The van der Waals surface area contributed by atoms with Crippen molar-refractivity contribution in [2.45, 2.75) is 24.8 Å². The minimum absolute atomic E-state index is 0.0928. The maximum atomic E-state index is 12.2. The van der Waals surface area contributed by atoms with Crippen molar-refractivity contribution in [1.82, 2.24) is 19.5 Å². The van der Waals surface area contributed by atoms with E-state index in [1.165, 1.54) is 25.3 Å². The second-order valence-electron chi connectivity index (χ2n) is 4.48. The second-order valence-corrected chi connectivity index (χ2v) is 6.65. The molecule has 0 aliphatic carbocycles. The normalized spacial score (nSPS) is 11.6. The number of ether oxygens (including phenoxy) is 1. The summed E-state index contributed by atoms with van der Waals surface area (Å²) in [6, 6.07) is 4.32. The maximum Gasteiger partial charge on any atom is 0.240 e. The van der Waals surface area contributed by atoms with Crippen LogP contribution in [-0.4, -0.2) is 36.8 Å². The highest BCUT2D eigenvalue weighted by Gasteiger charge is 2.16. The number of halogens is 1. The van der Waals surface area contributed by atoms with Gasteiger partial charge in [0.05, 0.1) is 17.0 Å². The van der Waals surface area contributed by atoms with E-state index in [1.54, 1.807) is 6.33 Å². The molecule has 0 spiro atoms. The van der Waals surface area contributed by atoms with Gasteiger partial charge in [-0.2, -0.15) is 0 Å². The highest BCUT2D eigenvalue weighted by Crippen LogP contribution is 2.26. The Morgan fingerprint density at radius 1 is 1.41 bits per heavy atom. The summed E-state index contributed by atoms with van der Waals surface area (Å²) in [6.07, 6.45) is 2.07. The van der Waals surface area contributed by atoms with Gasteiger partial charge in [0.1, 0.15) is 17.9 Å². The van der Waals surface area contributed by atoms with Crippen LogP contribution in [0.5, 0.6) is 5.75 Å². The van der Waals surface area contributed by atoms with Gasteiger partial charge in [0.2, 0.25) is 10.0 Å². The number of benzene rings is 1. The number of rotatable bonds is 7. The van der Waals surface area contributed by atoms with E-state index in [9.17, 15) is 8.42 Å². The molecule has 0 atom stereocenters. The van der Waals surface area contributed by atoms with Crippen LogP contribution in [0.1, 0.15) is 12.7 Å². The van der Waals surface area contributed by atoms with Gasteiger partial charge < -0.3 is 9.30 Å². The fraction of sp³-hybridized carbons (Fsp3) is 0.385. The highest BCUT2D eigenvalue weighted by atomic mass is 35.5. The fourth-order valence-corrected chi connectivity index (χ4v) is 3.31. The molecule has 22 heavy (non-hydrogen) atoms. The third-order valence-electron chi connectivity index (χ3n) is 3.11. The zero-order chi connectivity index (χ0) is 16.2. The van der Waals surface area contributed by atoms with E-state index in [-0.39, 0.29) is 16.5 Å². The van der Waals surface area contributed by atoms with Crippen molar-refractivity contribution in [2.75, 3.05) is 13.7 Å². The van der Waals surface area contributed by atoms with Gasteiger partial charge in [-0.25, -0.2) is 13.1 Å². The van der Waals surface area contributed by atoms with Gasteiger partial charge in [-0.3, -0.25) is 0 Å². The SMILES string of the molecule is CCn1cnnc1CCNS(=O)(=O)c1ccc(OC)c(Cl)c1. The molecule has 1 heterocycles. The van der Waals surface area contributed by atoms with Crippen LogP contribution in [-0.2, 0) is 23.0 Å². The van der Waals surface area contributed by atoms with Gasteiger partial charge in [0.25, 0.3) is 0 Å². The molecule has 7 nitrogen and oxygen atoms in total. The molecule has 0 fully saturated rings. The van der Waals surface area contributed by atoms with E-state index < -0.39 is 10.0 Å². The van der Waals surface area contributed by atoms with Crippen LogP contribution in [0.15, 0.2) is 29.4 Å². The molecule has 0 saturated carbocycles. The number of hydrogen-bond acceptors (Lipinski definition) is 5. The topological polar surface area (TPSA) is 86.1 Å². The Morgan fingerprint density at radius 3 is 2.82 bits per heavy atom. The lowest BCUT2D eigenvalue weighted by Gasteiger charge is -2.09. The fourth-order valence-electron chi connectivity index (χ4n) is 1.93. The molecule has 1 N–H and O–H groups in total. The average Bonchev–Trinajstić information content (AvgIpc) is 2.94. The molecule has 120 valence electrons. The molecule has 9 heteroatoms. The van der Waals surface area contributed by atoms with Crippen molar-refractivity contribution in [1.29, 1.82) is 0 Å². The Labute approximate surface area is 134 Å². The summed E-state index contributed by atoms with van der Waals surface area (Å²) in [5, 5.41) is 8.00. The Kier molecular flexibility index (Phi) is 5.38. The van der Waals surface area contributed by atoms with Gasteiger partial charge in [0.15, 0.2) is 0 Å². The largest absolute Gasteiger partial charge is 0.495 e. The third kappa shape index (κ3) is 3.76. The maximum absolute atomic E-state index is 12.2. The van der Waals surface area contributed by atoms with Crippen LogP contribution in [0.3, 0.4) is 0 Å². The lowest BCUT2D eigenvalue weighted by molar-refractivity contribution is 0.414. The number of aromatic nitrogens is 3. The number of sulfonamides is 1. The Bertz CT molecular complexity index is 745. The van der Waals surface area contributed by atoms with Crippen molar-refractivity contribution in [2.24, 2.45) is 0 Å². The van der Waals surface area contributed by atoms with Gasteiger partial charge in [0, 0.05) is 19.5 Å². The standard InChI is InChI=1S/C13H17ClN4O3S/c1-3-18-9-15-17-13(18)6-7-16-22(19,20)10-4-5-12(21-2)11(14)8-10/h4-5,8-9,16H,3,6-7H2,1-2H3. The minimum Gasteiger partial charge on any atom is -0.495 e. The van der Waals surface area contributed by atoms with Gasteiger partial charge >= 0.3 is 0 Å². The molecule has 1 aromatic heterocycles. The summed E-state index contributed by atoms with van der Waals surface area (Å²) in [7, 11) is -2.16. The zero-order valence-electron chi connectivity index (χ0n) is 12.3. The van der Waals surface area contributed by atoms with Gasteiger partial charge in [-0.05, 0) is 25.1 Å².